The van der Waals surface area contributed by atoms with Crippen LogP contribution < -0.4 is 14.8 Å². The Morgan fingerprint density at radius 2 is 2.25 bits per heavy atom. The van der Waals surface area contributed by atoms with Gasteiger partial charge in [0.15, 0.2) is 11.5 Å². The minimum absolute atomic E-state index is 0.170. The SMILES string of the molecule is Cn1ncc(Br)c1CNC(=O)c1ccc2c(c1)OCO2. The molecule has 6 nitrogen and oxygen atoms in total. The van der Waals surface area contributed by atoms with Crippen molar-refractivity contribution in [1.29, 1.82) is 0 Å². The average Bonchev–Trinajstić information content (AvgIpc) is 3.03. The molecule has 104 valence electrons. The lowest BCUT2D eigenvalue weighted by atomic mass is 10.2. The molecule has 1 aliphatic rings. The second-order valence-electron chi connectivity index (χ2n) is 4.31. The van der Waals surface area contributed by atoms with Crippen LogP contribution in [0.2, 0.25) is 0 Å². The van der Waals surface area contributed by atoms with Crippen molar-refractivity contribution in [3.8, 4) is 11.5 Å². The molecule has 0 radical (unpaired) electrons. The summed E-state index contributed by atoms with van der Waals surface area (Å²) in [7, 11) is 1.83. The van der Waals surface area contributed by atoms with E-state index in [2.05, 4.69) is 26.3 Å². The van der Waals surface area contributed by atoms with E-state index in [0.29, 0.717) is 23.6 Å². The molecule has 0 saturated heterocycles. The highest BCUT2D eigenvalue weighted by atomic mass is 79.9. The van der Waals surface area contributed by atoms with E-state index in [1.54, 1.807) is 29.1 Å². The third kappa shape index (κ3) is 2.36. The summed E-state index contributed by atoms with van der Waals surface area (Å²) >= 11 is 3.39. The van der Waals surface area contributed by atoms with Crippen LogP contribution in [0.25, 0.3) is 0 Å². The van der Waals surface area contributed by atoms with Crippen molar-refractivity contribution in [3.63, 3.8) is 0 Å². The molecule has 0 fully saturated rings. The number of halogens is 1. The minimum atomic E-state index is -0.170. The van der Waals surface area contributed by atoms with Gasteiger partial charge in [-0.2, -0.15) is 5.10 Å². The Hall–Kier alpha value is -2.02. The van der Waals surface area contributed by atoms with E-state index in [4.69, 9.17) is 9.47 Å². The van der Waals surface area contributed by atoms with Crippen molar-refractivity contribution in [1.82, 2.24) is 15.1 Å². The van der Waals surface area contributed by atoms with Crippen LogP contribution in [0.1, 0.15) is 16.1 Å². The quantitative estimate of drug-likeness (QED) is 0.928. The largest absolute Gasteiger partial charge is 0.454 e. The van der Waals surface area contributed by atoms with Crippen LogP contribution in [0.4, 0.5) is 0 Å². The Labute approximate surface area is 123 Å². The topological polar surface area (TPSA) is 65.4 Å². The molecule has 0 aliphatic carbocycles. The maximum atomic E-state index is 12.1. The molecule has 0 bridgehead atoms. The molecule has 0 saturated carbocycles. The Morgan fingerprint density at radius 3 is 3.00 bits per heavy atom. The van der Waals surface area contributed by atoms with Gasteiger partial charge in [-0.15, -0.1) is 0 Å². The number of aromatic nitrogens is 2. The number of rotatable bonds is 3. The molecule has 0 unspecified atom stereocenters. The number of nitrogens with zero attached hydrogens (tertiary/aromatic N) is 2. The van der Waals surface area contributed by atoms with E-state index in [1.165, 1.54) is 0 Å². The number of hydrogen-bond donors (Lipinski definition) is 1. The molecule has 20 heavy (non-hydrogen) atoms. The standard InChI is InChI=1S/C13H12BrN3O3/c1-17-10(9(14)5-16-17)6-15-13(18)8-2-3-11-12(4-8)20-7-19-11/h2-5H,6-7H2,1H3,(H,15,18). The number of nitrogens with one attached hydrogen (secondary N) is 1. The summed E-state index contributed by atoms with van der Waals surface area (Å²) in [5, 5.41) is 6.94. The normalized spacial score (nSPS) is 12.5. The lowest BCUT2D eigenvalue weighted by Gasteiger charge is -2.07. The number of amides is 1. The molecule has 0 atom stereocenters. The molecule has 1 aromatic carbocycles. The van der Waals surface area contributed by atoms with Crippen molar-refractivity contribution in [2.75, 3.05) is 6.79 Å². The third-order valence-electron chi connectivity index (χ3n) is 3.06. The first-order valence-electron chi connectivity index (χ1n) is 5.99. The summed E-state index contributed by atoms with van der Waals surface area (Å²) in [4.78, 5) is 12.1. The smallest absolute Gasteiger partial charge is 0.251 e. The second-order valence-corrected chi connectivity index (χ2v) is 5.17. The molecule has 7 heteroatoms. The molecule has 3 rings (SSSR count). The number of benzene rings is 1. The number of aryl methyl sites for hydroxylation is 1. The van der Waals surface area contributed by atoms with Crippen molar-refractivity contribution >= 4 is 21.8 Å². The van der Waals surface area contributed by atoms with Crippen LogP contribution in [-0.4, -0.2) is 22.5 Å². The summed E-state index contributed by atoms with van der Waals surface area (Å²) < 4.78 is 13.0. The van der Waals surface area contributed by atoms with Gasteiger partial charge in [-0.1, -0.05) is 0 Å². The maximum absolute atomic E-state index is 12.1. The summed E-state index contributed by atoms with van der Waals surface area (Å²) in [6, 6.07) is 5.12. The number of carbonyl (C=O) groups excluding carboxylic acids is 1. The molecule has 2 heterocycles. The van der Waals surface area contributed by atoms with Crippen molar-refractivity contribution in [3.05, 3.63) is 40.1 Å². The van der Waals surface area contributed by atoms with Crippen molar-refractivity contribution < 1.29 is 14.3 Å². The van der Waals surface area contributed by atoms with Gasteiger partial charge in [-0.05, 0) is 34.1 Å². The zero-order valence-corrected chi connectivity index (χ0v) is 12.3. The number of ether oxygens (including phenoxy) is 2. The highest BCUT2D eigenvalue weighted by Crippen LogP contribution is 2.32. The molecule has 1 amide bonds. The van der Waals surface area contributed by atoms with Gasteiger partial charge in [0, 0.05) is 12.6 Å². The fourth-order valence-electron chi connectivity index (χ4n) is 1.94. The summed E-state index contributed by atoms with van der Waals surface area (Å²) in [6.45, 7) is 0.590. The van der Waals surface area contributed by atoms with E-state index in [-0.39, 0.29) is 12.7 Å². The van der Waals surface area contributed by atoms with Gasteiger partial charge < -0.3 is 14.8 Å². The first kappa shape index (κ1) is 13.0. The summed E-state index contributed by atoms with van der Waals surface area (Å²) in [5.74, 6) is 1.09. The van der Waals surface area contributed by atoms with Crippen molar-refractivity contribution in [2.24, 2.45) is 7.05 Å². The zero-order chi connectivity index (χ0) is 14.1. The van der Waals surface area contributed by atoms with Crippen LogP contribution in [0, 0.1) is 0 Å². The lowest BCUT2D eigenvalue weighted by molar-refractivity contribution is 0.0949. The van der Waals surface area contributed by atoms with E-state index >= 15 is 0 Å². The monoisotopic (exact) mass is 337 g/mol. The molecule has 1 aromatic heterocycles. The van der Waals surface area contributed by atoms with Crippen molar-refractivity contribution in [2.45, 2.75) is 6.54 Å². The molecular weight excluding hydrogens is 326 g/mol. The Balaban J connectivity index is 1.71. The fourth-order valence-corrected chi connectivity index (χ4v) is 2.43. The zero-order valence-electron chi connectivity index (χ0n) is 10.7. The van der Waals surface area contributed by atoms with E-state index < -0.39 is 0 Å². The lowest BCUT2D eigenvalue weighted by Crippen LogP contribution is -2.24. The highest BCUT2D eigenvalue weighted by molar-refractivity contribution is 9.10. The first-order chi connectivity index (χ1) is 9.65. The first-order valence-corrected chi connectivity index (χ1v) is 6.78. The highest BCUT2D eigenvalue weighted by Gasteiger charge is 2.16. The van der Waals surface area contributed by atoms with Gasteiger partial charge in [0.2, 0.25) is 6.79 Å². The summed E-state index contributed by atoms with van der Waals surface area (Å²) in [5.41, 5.74) is 1.44. The predicted octanol–water partition coefficient (Wildman–Crippen LogP) is 1.84. The maximum Gasteiger partial charge on any atom is 0.251 e. The minimum Gasteiger partial charge on any atom is -0.454 e. The molecular formula is C13H12BrN3O3. The number of hydrogen-bond acceptors (Lipinski definition) is 4. The number of carbonyl (C=O) groups is 1. The van der Waals surface area contributed by atoms with Gasteiger partial charge in [0.05, 0.1) is 22.9 Å². The van der Waals surface area contributed by atoms with Gasteiger partial charge >= 0.3 is 0 Å². The van der Waals surface area contributed by atoms with Crippen LogP contribution in [-0.2, 0) is 13.6 Å². The predicted molar refractivity (Wildman–Crippen MR) is 74.6 cm³/mol. The third-order valence-corrected chi connectivity index (χ3v) is 3.72. The van der Waals surface area contributed by atoms with Crippen LogP contribution >= 0.6 is 15.9 Å². The van der Waals surface area contributed by atoms with Crippen LogP contribution in [0.5, 0.6) is 11.5 Å². The van der Waals surface area contributed by atoms with Gasteiger partial charge in [0.1, 0.15) is 0 Å². The second kappa shape index (κ2) is 5.16. The van der Waals surface area contributed by atoms with Gasteiger partial charge in [-0.25, -0.2) is 0 Å². The number of fused-ring (bicyclic) bond motifs is 1. The summed E-state index contributed by atoms with van der Waals surface area (Å²) in [6.07, 6.45) is 1.70. The van der Waals surface area contributed by atoms with E-state index in [9.17, 15) is 4.79 Å². The Bertz CT molecular complexity index is 649. The van der Waals surface area contributed by atoms with E-state index in [1.807, 2.05) is 7.05 Å². The van der Waals surface area contributed by atoms with Crippen LogP contribution in [0.3, 0.4) is 0 Å². The fraction of sp³-hybridized carbons (Fsp3) is 0.231. The van der Waals surface area contributed by atoms with E-state index in [0.717, 1.165) is 10.2 Å². The molecule has 0 spiro atoms. The molecule has 2 aromatic rings. The van der Waals surface area contributed by atoms with Gasteiger partial charge in [-0.3, -0.25) is 9.48 Å². The Morgan fingerprint density at radius 1 is 1.45 bits per heavy atom. The Kier molecular flexibility index (Phi) is 3.35. The molecule has 1 N–H and O–H groups in total. The van der Waals surface area contributed by atoms with Gasteiger partial charge in [0.25, 0.3) is 5.91 Å². The molecule has 1 aliphatic heterocycles. The van der Waals surface area contributed by atoms with Crippen LogP contribution in [0.15, 0.2) is 28.9 Å². The average molecular weight is 338 g/mol.